The molecule has 0 unspecified atom stereocenters. The standard InChI is InChI=1S/C13H18N2O2S/c1-10-8-11(2-3-12(10)14)18-9-13(16)15-4-6-17-7-5-15/h2-3,8H,4-7,9,14H2,1H3. The molecule has 1 heterocycles. The fourth-order valence-corrected chi connectivity index (χ4v) is 2.68. The lowest BCUT2D eigenvalue weighted by atomic mass is 10.2. The van der Waals surface area contributed by atoms with Crippen LogP contribution in [0.5, 0.6) is 0 Å². The van der Waals surface area contributed by atoms with Crippen LogP contribution < -0.4 is 5.73 Å². The summed E-state index contributed by atoms with van der Waals surface area (Å²) in [5, 5.41) is 0. The van der Waals surface area contributed by atoms with Gasteiger partial charge in [-0.2, -0.15) is 0 Å². The summed E-state index contributed by atoms with van der Waals surface area (Å²) in [4.78, 5) is 14.9. The van der Waals surface area contributed by atoms with Gasteiger partial charge in [-0.1, -0.05) is 0 Å². The number of nitrogens with zero attached hydrogens (tertiary/aromatic N) is 1. The molecule has 2 rings (SSSR count). The first-order chi connectivity index (χ1) is 8.66. The molecule has 0 radical (unpaired) electrons. The fraction of sp³-hybridized carbons (Fsp3) is 0.462. The number of hydrogen-bond donors (Lipinski definition) is 1. The number of amides is 1. The molecule has 98 valence electrons. The van der Waals surface area contributed by atoms with Crippen molar-refractivity contribution >= 4 is 23.4 Å². The second-order valence-electron chi connectivity index (χ2n) is 4.30. The molecule has 4 nitrogen and oxygen atoms in total. The maximum Gasteiger partial charge on any atom is 0.233 e. The first-order valence-electron chi connectivity index (χ1n) is 6.01. The topological polar surface area (TPSA) is 55.6 Å². The van der Waals surface area contributed by atoms with Gasteiger partial charge in [0.25, 0.3) is 0 Å². The van der Waals surface area contributed by atoms with Crippen LogP contribution in [0.3, 0.4) is 0 Å². The number of carbonyl (C=O) groups excluding carboxylic acids is 1. The Hall–Kier alpha value is -1.20. The molecule has 0 saturated carbocycles. The third-order valence-electron chi connectivity index (χ3n) is 2.97. The Morgan fingerprint density at radius 2 is 2.17 bits per heavy atom. The SMILES string of the molecule is Cc1cc(SCC(=O)N2CCOCC2)ccc1N. The van der Waals surface area contributed by atoms with Crippen LogP contribution in [-0.4, -0.2) is 42.9 Å². The van der Waals surface area contributed by atoms with E-state index < -0.39 is 0 Å². The number of benzene rings is 1. The van der Waals surface area contributed by atoms with Crippen molar-refractivity contribution in [3.63, 3.8) is 0 Å². The molecular weight excluding hydrogens is 248 g/mol. The minimum absolute atomic E-state index is 0.178. The predicted octanol–water partition coefficient (Wildman–Crippen LogP) is 1.53. The van der Waals surface area contributed by atoms with E-state index in [9.17, 15) is 4.79 Å². The van der Waals surface area contributed by atoms with Crippen LogP contribution in [0.15, 0.2) is 23.1 Å². The van der Waals surface area contributed by atoms with Crippen molar-refractivity contribution < 1.29 is 9.53 Å². The van der Waals surface area contributed by atoms with E-state index in [1.807, 2.05) is 30.0 Å². The molecule has 2 N–H and O–H groups in total. The van der Waals surface area contributed by atoms with Crippen molar-refractivity contribution in [3.05, 3.63) is 23.8 Å². The van der Waals surface area contributed by atoms with E-state index in [0.29, 0.717) is 32.1 Å². The molecule has 18 heavy (non-hydrogen) atoms. The maximum atomic E-state index is 11.9. The zero-order valence-corrected chi connectivity index (χ0v) is 11.3. The van der Waals surface area contributed by atoms with Crippen molar-refractivity contribution in [2.75, 3.05) is 37.8 Å². The first-order valence-corrected chi connectivity index (χ1v) is 7.00. The van der Waals surface area contributed by atoms with E-state index in [-0.39, 0.29) is 5.91 Å². The van der Waals surface area contributed by atoms with Crippen LogP contribution in [-0.2, 0) is 9.53 Å². The van der Waals surface area contributed by atoms with Crippen molar-refractivity contribution in [1.29, 1.82) is 0 Å². The summed E-state index contributed by atoms with van der Waals surface area (Å²) in [7, 11) is 0. The van der Waals surface area contributed by atoms with Gasteiger partial charge in [-0.05, 0) is 30.7 Å². The van der Waals surface area contributed by atoms with Crippen LogP contribution in [0.4, 0.5) is 5.69 Å². The van der Waals surface area contributed by atoms with E-state index >= 15 is 0 Å². The Bertz CT molecular complexity index is 431. The molecule has 0 bridgehead atoms. The van der Waals surface area contributed by atoms with Gasteiger partial charge >= 0.3 is 0 Å². The number of morpholine rings is 1. The van der Waals surface area contributed by atoms with Gasteiger partial charge in [0.15, 0.2) is 0 Å². The van der Waals surface area contributed by atoms with Crippen molar-refractivity contribution in [2.24, 2.45) is 0 Å². The molecule has 1 aliphatic rings. The van der Waals surface area contributed by atoms with Gasteiger partial charge in [-0.3, -0.25) is 4.79 Å². The third-order valence-corrected chi connectivity index (χ3v) is 3.95. The maximum absolute atomic E-state index is 11.9. The van der Waals surface area contributed by atoms with Crippen LogP contribution >= 0.6 is 11.8 Å². The van der Waals surface area contributed by atoms with Crippen LogP contribution in [0.25, 0.3) is 0 Å². The lowest BCUT2D eigenvalue weighted by molar-refractivity contribution is -0.132. The van der Waals surface area contributed by atoms with Crippen LogP contribution in [0, 0.1) is 6.92 Å². The average molecular weight is 266 g/mol. The molecular formula is C13H18N2O2S. The van der Waals surface area contributed by atoms with Crippen molar-refractivity contribution in [1.82, 2.24) is 4.90 Å². The van der Waals surface area contributed by atoms with Gasteiger partial charge in [0.1, 0.15) is 0 Å². The number of aryl methyl sites for hydroxylation is 1. The highest BCUT2D eigenvalue weighted by atomic mass is 32.2. The number of carbonyl (C=O) groups is 1. The van der Waals surface area contributed by atoms with Crippen LogP contribution in [0.2, 0.25) is 0 Å². The molecule has 1 aromatic rings. The molecule has 1 aromatic carbocycles. The number of anilines is 1. The van der Waals surface area contributed by atoms with E-state index in [4.69, 9.17) is 10.5 Å². The summed E-state index contributed by atoms with van der Waals surface area (Å²) in [6, 6.07) is 5.86. The number of thioether (sulfide) groups is 1. The van der Waals surface area contributed by atoms with Gasteiger partial charge in [-0.15, -0.1) is 11.8 Å². The second-order valence-corrected chi connectivity index (χ2v) is 5.35. The van der Waals surface area contributed by atoms with E-state index in [0.717, 1.165) is 16.1 Å². The van der Waals surface area contributed by atoms with E-state index in [1.165, 1.54) is 0 Å². The summed E-state index contributed by atoms with van der Waals surface area (Å²) >= 11 is 1.56. The highest BCUT2D eigenvalue weighted by Gasteiger charge is 2.16. The number of ether oxygens (including phenoxy) is 1. The molecule has 0 aromatic heterocycles. The highest BCUT2D eigenvalue weighted by Crippen LogP contribution is 2.22. The van der Waals surface area contributed by atoms with Gasteiger partial charge in [0.2, 0.25) is 5.91 Å². The van der Waals surface area contributed by atoms with Gasteiger partial charge in [0, 0.05) is 23.7 Å². The molecule has 0 spiro atoms. The van der Waals surface area contributed by atoms with Gasteiger partial charge in [0.05, 0.1) is 19.0 Å². The van der Waals surface area contributed by atoms with Gasteiger partial charge in [-0.25, -0.2) is 0 Å². The molecule has 1 aliphatic heterocycles. The van der Waals surface area contributed by atoms with Crippen molar-refractivity contribution in [2.45, 2.75) is 11.8 Å². The largest absolute Gasteiger partial charge is 0.399 e. The zero-order chi connectivity index (χ0) is 13.0. The Kier molecular flexibility index (Phi) is 4.49. The third kappa shape index (κ3) is 3.40. The molecule has 0 aliphatic carbocycles. The Morgan fingerprint density at radius 3 is 2.83 bits per heavy atom. The van der Waals surface area contributed by atoms with E-state index in [2.05, 4.69) is 0 Å². The monoisotopic (exact) mass is 266 g/mol. The fourth-order valence-electron chi connectivity index (χ4n) is 1.79. The normalized spacial score (nSPS) is 15.7. The molecule has 1 saturated heterocycles. The van der Waals surface area contributed by atoms with Gasteiger partial charge < -0.3 is 15.4 Å². The second kappa shape index (κ2) is 6.11. The number of rotatable bonds is 3. The molecule has 5 heteroatoms. The number of nitrogen functional groups attached to an aromatic ring is 1. The minimum Gasteiger partial charge on any atom is -0.399 e. The lowest BCUT2D eigenvalue weighted by Crippen LogP contribution is -2.41. The lowest BCUT2D eigenvalue weighted by Gasteiger charge is -2.26. The number of hydrogen-bond acceptors (Lipinski definition) is 4. The summed E-state index contributed by atoms with van der Waals surface area (Å²) in [6.07, 6.45) is 0. The first kappa shape index (κ1) is 13.2. The molecule has 1 amide bonds. The Balaban J connectivity index is 1.86. The Labute approximate surface area is 111 Å². The molecule has 1 fully saturated rings. The van der Waals surface area contributed by atoms with Crippen LogP contribution in [0.1, 0.15) is 5.56 Å². The average Bonchev–Trinajstić information content (AvgIpc) is 2.41. The highest BCUT2D eigenvalue weighted by molar-refractivity contribution is 8.00. The zero-order valence-electron chi connectivity index (χ0n) is 10.5. The molecule has 0 atom stereocenters. The Morgan fingerprint density at radius 1 is 1.44 bits per heavy atom. The summed E-state index contributed by atoms with van der Waals surface area (Å²) in [6.45, 7) is 4.69. The van der Waals surface area contributed by atoms with E-state index in [1.54, 1.807) is 11.8 Å². The minimum atomic E-state index is 0.178. The van der Waals surface area contributed by atoms with Crippen molar-refractivity contribution in [3.8, 4) is 0 Å². The quantitative estimate of drug-likeness (QED) is 0.666. The smallest absolute Gasteiger partial charge is 0.233 e. The predicted molar refractivity (Wildman–Crippen MR) is 73.7 cm³/mol. The number of nitrogens with two attached hydrogens (primary N) is 1. The summed E-state index contributed by atoms with van der Waals surface area (Å²) in [5.74, 6) is 0.654. The summed E-state index contributed by atoms with van der Waals surface area (Å²) < 4.78 is 5.23. The summed E-state index contributed by atoms with van der Waals surface area (Å²) in [5.41, 5.74) is 7.61.